The van der Waals surface area contributed by atoms with Crippen LogP contribution in [0.2, 0.25) is 5.02 Å². The van der Waals surface area contributed by atoms with Crippen LogP contribution in [0.25, 0.3) is 0 Å². The second kappa shape index (κ2) is 7.94. The number of aromatic nitrogens is 1. The number of carbonyl (C=O) groups excluding carboxylic acids is 2. The summed E-state index contributed by atoms with van der Waals surface area (Å²) in [4.78, 5) is 28.1. The number of rotatable bonds is 4. The van der Waals surface area contributed by atoms with Gasteiger partial charge in [0.2, 0.25) is 0 Å². The Morgan fingerprint density at radius 1 is 1.00 bits per heavy atom. The topological polar surface area (TPSA) is 83.1 Å². The van der Waals surface area contributed by atoms with Crippen molar-refractivity contribution in [2.24, 2.45) is 0 Å². The van der Waals surface area contributed by atoms with Gasteiger partial charge >= 0.3 is 6.03 Å². The number of halogens is 2. The zero-order valence-electron chi connectivity index (χ0n) is 13.1. The quantitative estimate of drug-likeness (QED) is 0.596. The fourth-order valence-corrected chi connectivity index (χ4v) is 2.79. The van der Waals surface area contributed by atoms with Crippen molar-refractivity contribution < 1.29 is 14.0 Å². The number of carbonyl (C=O) groups is 2. The van der Waals surface area contributed by atoms with Crippen LogP contribution in [-0.4, -0.2) is 16.9 Å². The van der Waals surface area contributed by atoms with Gasteiger partial charge in [-0.1, -0.05) is 23.7 Å². The molecular weight excluding hydrogens is 379 g/mol. The maximum absolute atomic E-state index is 13.6. The summed E-state index contributed by atoms with van der Waals surface area (Å²) in [5, 5.41) is 9.82. The Labute approximate surface area is 157 Å². The summed E-state index contributed by atoms with van der Waals surface area (Å²) in [6.45, 7) is 0. The molecule has 3 rings (SSSR count). The van der Waals surface area contributed by atoms with E-state index in [1.54, 1.807) is 30.3 Å². The molecule has 3 N–H and O–H groups in total. The molecule has 3 amide bonds. The maximum atomic E-state index is 13.6. The Balaban J connectivity index is 1.60. The Morgan fingerprint density at radius 2 is 1.73 bits per heavy atom. The molecular formula is C17H12ClFN4O2S. The molecule has 0 unspecified atom stereocenters. The average molecular weight is 391 g/mol. The molecule has 1 aromatic heterocycles. The molecule has 0 saturated heterocycles. The van der Waals surface area contributed by atoms with E-state index >= 15 is 0 Å². The van der Waals surface area contributed by atoms with Gasteiger partial charge in [0.25, 0.3) is 5.91 Å². The zero-order valence-corrected chi connectivity index (χ0v) is 14.7. The smallest absolute Gasteiger partial charge is 0.318 e. The van der Waals surface area contributed by atoms with Crippen LogP contribution in [-0.2, 0) is 0 Å². The maximum Gasteiger partial charge on any atom is 0.325 e. The highest BCUT2D eigenvalue weighted by Gasteiger charge is 2.14. The number of nitrogens with one attached hydrogen (secondary N) is 3. The first-order valence-electron chi connectivity index (χ1n) is 7.36. The zero-order chi connectivity index (χ0) is 18.5. The Hall–Kier alpha value is -2.97. The normalized spacial score (nSPS) is 10.2. The van der Waals surface area contributed by atoms with E-state index in [2.05, 4.69) is 20.9 Å². The number of nitrogens with zero attached hydrogens (tertiary/aromatic N) is 1. The van der Waals surface area contributed by atoms with Gasteiger partial charge in [0.05, 0.1) is 5.69 Å². The molecule has 0 spiro atoms. The monoisotopic (exact) mass is 390 g/mol. The summed E-state index contributed by atoms with van der Waals surface area (Å²) in [6.07, 6.45) is 0. The summed E-state index contributed by atoms with van der Waals surface area (Å²) in [7, 11) is 0. The lowest BCUT2D eigenvalue weighted by atomic mass is 10.3. The molecule has 132 valence electrons. The lowest BCUT2D eigenvalue weighted by molar-refractivity contribution is 0.102. The molecule has 9 heteroatoms. The third-order valence-electron chi connectivity index (χ3n) is 3.18. The number of anilines is 3. The molecule has 3 aromatic rings. The van der Waals surface area contributed by atoms with E-state index in [1.807, 2.05) is 0 Å². The first kappa shape index (κ1) is 17.8. The third-order valence-corrected chi connectivity index (χ3v) is 4.19. The van der Waals surface area contributed by atoms with Crippen molar-refractivity contribution in [2.75, 3.05) is 16.0 Å². The SMILES string of the molecule is O=C(Nc1ccc(Cl)cc1)Nc1nc(C(=O)Nc2ccccc2F)cs1. The van der Waals surface area contributed by atoms with Crippen LogP contribution < -0.4 is 16.0 Å². The van der Waals surface area contributed by atoms with Crippen molar-refractivity contribution in [3.63, 3.8) is 0 Å². The van der Waals surface area contributed by atoms with Gasteiger partial charge in [-0.05, 0) is 36.4 Å². The number of benzene rings is 2. The molecule has 0 saturated carbocycles. The number of hydrogen-bond donors (Lipinski definition) is 3. The minimum Gasteiger partial charge on any atom is -0.318 e. The summed E-state index contributed by atoms with van der Waals surface area (Å²) < 4.78 is 13.6. The number of para-hydroxylation sites is 1. The molecule has 1 heterocycles. The molecule has 0 aliphatic carbocycles. The van der Waals surface area contributed by atoms with Crippen LogP contribution in [0, 0.1) is 5.82 Å². The highest BCUT2D eigenvalue weighted by atomic mass is 35.5. The Morgan fingerprint density at radius 3 is 2.46 bits per heavy atom. The predicted molar refractivity (Wildman–Crippen MR) is 101 cm³/mol. The predicted octanol–water partition coefficient (Wildman–Crippen LogP) is 4.83. The Bertz CT molecular complexity index is 946. The van der Waals surface area contributed by atoms with Crippen molar-refractivity contribution in [3.8, 4) is 0 Å². The standard InChI is InChI=1S/C17H12ClFN4O2S/c18-10-5-7-11(8-6-10)20-16(25)23-17-22-14(9-26-17)15(24)21-13-4-2-1-3-12(13)19/h1-9H,(H,21,24)(H2,20,22,23,25). The van der Waals surface area contributed by atoms with E-state index in [1.165, 1.54) is 23.6 Å². The highest BCUT2D eigenvalue weighted by molar-refractivity contribution is 7.14. The molecule has 0 atom stereocenters. The summed E-state index contributed by atoms with van der Waals surface area (Å²) in [6, 6.07) is 11.9. The van der Waals surface area contributed by atoms with Crippen molar-refractivity contribution in [1.29, 1.82) is 0 Å². The summed E-state index contributed by atoms with van der Waals surface area (Å²) in [5.41, 5.74) is 0.682. The second-order valence-corrected chi connectivity index (χ2v) is 6.35. The third kappa shape index (κ3) is 4.56. The van der Waals surface area contributed by atoms with E-state index in [0.717, 1.165) is 11.3 Å². The van der Waals surface area contributed by atoms with E-state index < -0.39 is 17.8 Å². The van der Waals surface area contributed by atoms with Gasteiger partial charge in [0.1, 0.15) is 11.5 Å². The van der Waals surface area contributed by atoms with Crippen LogP contribution >= 0.6 is 22.9 Å². The fourth-order valence-electron chi connectivity index (χ4n) is 1.98. The number of thiazole rings is 1. The van der Waals surface area contributed by atoms with Gasteiger partial charge in [-0.2, -0.15) is 0 Å². The minimum atomic E-state index is -0.572. The van der Waals surface area contributed by atoms with Crippen LogP contribution in [0.3, 0.4) is 0 Å². The van der Waals surface area contributed by atoms with Crippen molar-refractivity contribution in [2.45, 2.75) is 0 Å². The first-order valence-corrected chi connectivity index (χ1v) is 8.62. The summed E-state index contributed by atoms with van der Waals surface area (Å²) in [5.74, 6) is -1.12. The van der Waals surface area contributed by atoms with Gasteiger partial charge in [0.15, 0.2) is 5.13 Å². The van der Waals surface area contributed by atoms with Gasteiger partial charge in [-0.25, -0.2) is 14.2 Å². The number of hydrogen-bond acceptors (Lipinski definition) is 4. The van der Waals surface area contributed by atoms with Gasteiger partial charge < -0.3 is 10.6 Å². The molecule has 0 radical (unpaired) electrons. The molecule has 0 bridgehead atoms. The van der Waals surface area contributed by atoms with Crippen LogP contribution in [0.1, 0.15) is 10.5 Å². The van der Waals surface area contributed by atoms with Crippen molar-refractivity contribution in [3.05, 3.63) is 70.4 Å². The molecule has 6 nitrogen and oxygen atoms in total. The van der Waals surface area contributed by atoms with Crippen LogP contribution in [0.4, 0.5) is 25.7 Å². The lowest BCUT2D eigenvalue weighted by Gasteiger charge is -2.05. The number of urea groups is 1. The minimum absolute atomic E-state index is 0.0560. The molecule has 2 aromatic carbocycles. The first-order chi connectivity index (χ1) is 12.5. The summed E-state index contributed by atoms with van der Waals surface area (Å²) >= 11 is 6.86. The Kier molecular flexibility index (Phi) is 5.45. The molecule has 0 aliphatic rings. The van der Waals surface area contributed by atoms with E-state index in [0.29, 0.717) is 10.7 Å². The van der Waals surface area contributed by atoms with Crippen LogP contribution in [0.15, 0.2) is 53.9 Å². The average Bonchev–Trinajstić information content (AvgIpc) is 3.07. The van der Waals surface area contributed by atoms with Crippen LogP contribution in [0.5, 0.6) is 0 Å². The molecule has 0 aliphatic heterocycles. The van der Waals surface area contributed by atoms with Gasteiger partial charge in [-0.15, -0.1) is 11.3 Å². The molecule has 26 heavy (non-hydrogen) atoms. The van der Waals surface area contributed by atoms with E-state index in [4.69, 9.17) is 11.6 Å². The number of amides is 3. The lowest BCUT2D eigenvalue weighted by Crippen LogP contribution is -2.19. The molecule has 0 fully saturated rings. The van der Waals surface area contributed by atoms with E-state index in [9.17, 15) is 14.0 Å². The highest BCUT2D eigenvalue weighted by Crippen LogP contribution is 2.19. The van der Waals surface area contributed by atoms with E-state index in [-0.39, 0.29) is 16.5 Å². The second-order valence-electron chi connectivity index (χ2n) is 5.06. The van der Waals surface area contributed by atoms with Crippen molar-refractivity contribution >= 4 is 51.4 Å². The van der Waals surface area contributed by atoms with Gasteiger partial charge in [0, 0.05) is 16.1 Å². The van der Waals surface area contributed by atoms with Crippen molar-refractivity contribution in [1.82, 2.24) is 4.98 Å². The largest absolute Gasteiger partial charge is 0.325 e. The van der Waals surface area contributed by atoms with Gasteiger partial charge in [-0.3, -0.25) is 10.1 Å². The fraction of sp³-hybridized carbons (Fsp3) is 0.